The first kappa shape index (κ1) is 25.6. The minimum atomic E-state index is -0.867. The first-order valence-electron chi connectivity index (χ1n) is 12.7. The van der Waals surface area contributed by atoms with E-state index in [0.29, 0.717) is 31.8 Å². The van der Waals surface area contributed by atoms with E-state index in [9.17, 15) is 9.90 Å². The molecule has 36 heavy (non-hydrogen) atoms. The summed E-state index contributed by atoms with van der Waals surface area (Å²) in [5.74, 6) is -0.729. The lowest BCUT2D eigenvalue weighted by Crippen LogP contribution is -2.46. The van der Waals surface area contributed by atoms with E-state index < -0.39 is 42.1 Å². The predicted octanol–water partition coefficient (Wildman–Crippen LogP) is 3.14. The average molecular weight is 504 g/mol. The Morgan fingerprint density at radius 1 is 1.19 bits per heavy atom. The van der Waals surface area contributed by atoms with Crippen molar-refractivity contribution in [2.75, 3.05) is 13.2 Å². The predicted molar refractivity (Wildman–Crippen MR) is 129 cm³/mol. The number of rotatable bonds is 5. The normalized spacial score (nSPS) is 36.3. The molecule has 4 aliphatic rings. The van der Waals surface area contributed by atoms with Crippen LogP contribution < -0.4 is 0 Å². The van der Waals surface area contributed by atoms with Crippen molar-refractivity contribution >= 4 is 6.09 Å². The molecule has 4 heterocycles. The van der Waals surface area contributed by atoms with E-state index in [1.54, 1.807) is 4.90 Å². The van der Waals surface area contributed by atoms with E-state index in [1.807, 2.05) is 71.0 Å². The summed E-state index contributed by atoms with van der Waals surface area (Å²) in [6, 6.07) is 9.51. The molecule has 1 aromatic carbocycles. The fraction of sp³-hybridized carbons (Fsp3) is 0.667. The molecule has 0 spiro atoms. The quantitative estimate of drug-likeness (QED) is 0.613. The lowest BCUT2D eigenvalue weighted by atomic mass is 9.94. The summed E-state index contributed by atoms with van der Waals surface area (Å²) in [4.78, 5) is 14.8. The number of amides is 1. The fourth-order valence-electron chi connectivity index (χ4n) is 5.36. The molecule has 5 rings (SSSR count). The van der Waals surface area contributed by atoms with Gasteiger partial charge in [-0.25, -0.2) is 4.79 Å². The van der Waals surface area contributed by atoms with Gasteiger partial charge in [-0.05, 0) is 52.2 Å². The highest BCUT2D eigenvalue weighted by Crippen LogP contribution is 2.40. The summed E-state index contributed by atoms with van der Waals surface area (Å²) in [6.07, 6.45) is -1.03. The van der Waals surface area contributed by atoms with Crippen LogP contribution in [-0.4, -0.2) is 83.5 Å². The number of hydrogen-bond acceptors (Lipinski definition) is 8. The molecule has 9 heteroatoms. The Morgan fingerprint density at radius 3 is 2.67 bits per heavy atom. The number of ether oxygens (including phenoxy) is 6. The Morgan fingerprint density at radius 2 is 1.94 bits per heavy atom. The molecule has 4 aliphatic heterocycles. The molecule has 0 aliphatic carbocycles. The van der Waals surface area contributed by atoms with Crippen LogP contribution in [0.3, 0.4) is 0 Å². The van der Waals surface area contributed by atoms with Crippen molar-refractivity contribution in [2.24, 2.45) is 0 Å². The summed E-state index contributed by atoms with van der Waals surface area (Å²) in [7, 11) is 0. The Bertz CT molecular complexity index is 974. The highest BCUT2D eigenvalue weighted by atomic mass is 16.8. The van der Waals surface area contributed by atoms with Crippen molar-refractivity contribution in [3.63, 3.8) is 0 Å². The second-order valence-corrected chi connectivity index (χ2v) is 11.3. The van der Waals surface area contributed by atoms with E-state index in [1.165, 1.54) is 0 Å². The van der Waals surface area contributed by atoms with Gasteiger partial charge in [-0.2, -0.15) is 0 Å². The molecule has 0 unspecified atom stereocenters. The van der Waals surface area contributed by atoms with Crippen LogP contribution in [0, 0.1) is 0 Å². The highest BCUT2D eigenvalue weighted by Gasteiger charge is 2.54. The first-order valence-corrected chi connectivity index (χ1v) is 12.7. The maximum Gasteiger partial charge on any atom is 0.410 e. The number of carbonyl (C=O) groups excluding carboxylic acids is 1. The largest absolute Gasteiger partial charge is 0.444 e. The van der Waals surface area contributed by atoms with Crippen LogP contribution in [0.5, 0.6) is 0 Å². The number of aliphatic hydroxyl groups excluding tert-OH is 1. The van der Waals surface area contributed by atoms with Crippen LogP contribution in [0.25, 0.3) is 0 Å². The number of fused-ring (bicyclic) bond motifs is 3. The maximum atomic E-state index is 13.1. The molecule has 4 fully saturated rings. The molecule has 7 atom stereocenters. The first-order chi connectivity index (χ1) is 17.0. The van der Waals surface area contributed by atoms with Crippen LogP contribution in [0.1, 0.15) is 46.6 Å². The topological polar surface area (TPSA) is 95.9 Å². The van der Waals surface area contributed by atoms with E-state index in [-0.39, 0.29) is 18.2 Å². The minimum Gasteiger partial charge on any atom is -0.444 e. The van der Waals surface area contributed by atoms with Gasteiger partial charge in [0.05, 0.1) is 25.8 Å². The Hall–Kier alpha value is -2.01. The van der Waals surface area contributed by atoms with Crippen LogP contribution in [-0.2, 0) is 35.0 Å². The monoisotopic (exact) mass is 503 g/mol. The van der Waals surface area contributed by atoms with Gasteiger partial charge in [0.25, 0.3) is 0 Å². The SMILES string of the molecule is CC(C)(C)OC(=O)N1C[C@@H]2OC(C)(C)O[C@@H]2[C@@H]1C/C=C1/[C@@H](O)[C@H]2CO[C@H](O2)[C@@H]1OCc1ccccc1. The standard InChI is InChI=1S/C27H37NO8/c1-26(2,3)36-25(30)28-13-19-23(35-27(4,5)34-19)18(28)12-11-17-21(29)20-15-32-24(33-20)22(17)31-14-16-9-7-6-8-10-16/h6-11,18-24,29H,12-15H2,1-5H3/b17-11-/t18-,19-,20+,21+,22+,23+,24+/m0/s1. The third-order valence-corrected chi connectivity index (χ3v) is 6.88. The van der Waals surface area contributed by atoms with Gasteiger partial charge >= 0.3 is 6.09 Å². The van der Waals surface area contributed by atoms with Crippen molar-refractivity contribution in [1.29, 1.82) is 0 Å². The van der Waals surface area contributed by atoms with Gasteiger partial charge in [0.2, 0.25) is 0 Å². The maximum absolute atomic E-state index is 13.1. The summed E-state index contributed by atoms with van der Waals surface area (Å²) < 4.78 is 35.8. The Kier molecular flexibility index (Phi) is 6.91. The molecule has 0 saturated carbocycles. The third-order valence-electron chi connectivity index (χ3n) is 6.88. The summed E-state index contributed by atoms with van der Waals surface area (Å²) in [5, 5.41) is 11.1. The number of hydrogen-bond donors (Lipinski definition) is 1. The van der Waals surface area contributed by atoms with Gasteiger partial charge in [0.1, 0.15) is 36.1 Å². The van der Waals surface area contributed by atoms with E-state index in [4.69, 9.17) is 28.4 Å². The number of aliphatic hydroxyl groups is 1. The van der Waals surface area contributed by atoms with Gasteiger partial charge in [-0.3, -0.25) is 4.90 Å². The molecule has 1 N–H and O–H groups in total. The zero-order chi connectivity index (χ0) is 25.7. The van der Waals surface area contributed by atoms with Gasteiger partial charge in [-0.1, -0.05) is 36.4 Å². The molecule has 1 aromatic rings. The van der Waals surface area contributed by atoms with Crippen molar-refractivity contribution in [1.82, 2.24) is 4.90 Å². The zero-order valence-electron chi connectivity index (χ0n) is 21.6. The summed E-state index contributed by atoms with van der Waals surface area (Å²) in [5.41, 5.74) is 1.10. The van der Waals surface area contributed by atoms with E-state index >= 15 is 0 Å². The molecule has 198 valence electrons. The molecule has 9 nitrogen and oxygen atoms in total. The van der Waals surface area contributed by atoms with Crippen LogP contribution in [0.2, 0.25) is 0 Å². The van der Waals surface area contributed by atoms with Crippen molar-refractivity contribution in [3.8, 4) is 0 Å². The minimum absolute atomic E-state index is 0.250. The highest BCUT2D eigenvalue weighted by molar-refractivity contribution is 5.69. The van der Waals surface area contributed by atoms with Crippen LogP contribution >= 0.6 is 0 Å². The molecular formula is C27H37NO8. The molecule has 0 aromatic heterocycles. The molecule has 0 radical (unpaired) electrons. The molecular weight excluding hydrogens is 466 g/mol. The smallest absolute Gasteiger partial charge is 0.410 e. The van der Waals surface area contributed by atoms with Crippen molar-refractivity contribution in [2.45, 2.75) is 102 Å². The van der Waals surface area contributed by atoms with Gasteiger partial charge in [-0.15, -0.1) is 0 Å². The number of likely N-dealkylation sites (tertiary alicyclic amines) is 1. The van der Waals surface area contributed by atoms with Gasteiger partial charge in [0.15, 0.2) is 12.1 Å². The molecule has 4 saturated heterocycles. The lowest BCUT2D eigenvalue weighted by molar-refractivity contribution is -0.174. The zero-order valence-corrected chi connectivity index (χ0v) is 21.6. The second kappa shape index (κ2) is 9.70. The Labute approximate surface area is 212 Å². The summed E-state index contributed by atoms with van der Waals surface area (Å²) in [6.45, 7) is 10.3. The van der Waals surface area contributed by atoms with Gasteiger partial charge < -0.3 is 33.5 Å². The van der Waals surface area contributed by atoms with E-state index in [2.05, 4.69) is 0 Å². The Balaban J connectivity index is 1.37. The summed E-state index contributed by atoms with van der Waals surface area (Å²) >= 11 is 0. The fourth-order valence-corrected chi connectivity index (χ4v) is 5.36. The molecule has 2 bridgehead atoms. The third kappa shape index (κ3) is 5.32. The van der Waals surface area contributed by atoms with Crippen molar-refractivity contribution < 1.29 is 38.3 Å². The number of benzene rings is 1. The second-order valence-electron chi connectivity index (χ2n) is 11.3. The van der Waals surface area contributed by atoms with Gasteiger partial charge in [0, 0.05) is 0 Å². The molecule has 1 amide bonds. The van der Waals surface area contributed by atoms with Crippen molar-refractivity contribution in [3.05, 3.63) is 47.5 Å². The van der Waals surface area contributed by atoms with Crippen LogP contribution in [0.4, 0.5) is 4.79 Å². The average Bonchev–Trinajstić information content (AvgIpc) is 3.46. The van der Waals surface area contributed by atoms with E-state index in [0.717, 1.165) is 5.56 Å². The number of nitrogens with zero attached hydrogens (tertiary/aromatic N) is 1. The number of carbonyl (C=O) groups is 1. The van der Waals surface area contributed by atoms with Crippen LogP contribution in [0.15, 0.2) is 42.0 Å². The lowest BCUT2D eigenvalue weighted by Gasteiger charge is -2.35.